The largest absolute Gasteiger partial charge is 0.465 e. The van der Waals surface area contributed by atoms with Gasteiger partial charge in [0.1, 0.15) is 6.07 Å². The summed E-state index contributed by atoms with van der Waals surface area (Å²) in [4.78, 5) is 30.4. The minimum absolute atomic E-state index is 0.224. The Labute approximate surface area is 189 Å². The van der Waals surface area contributed by atoms with Gasteiger partial charge in [0.15, 0.2) is 0 Å². The lowest BCUT2D eigenvalue weighted by Gasteiger charge is -2.41. The average molecular weight is 441 g/mol. The van der Waals surface area contributed by atoms with Gasteiger partial charge in [0, 0.05) is 37.9 Å². The zero-order valence-corrected chi connectivity index (χ0v) is 18.7. The number of nitriles is 1. The van der Waals surface area contributed by atoms with Crippen molar-refractivity contribution in [1.29, 1.82) is 5.26 Å². The van der Waals surface area contributed by atoms with Gasteiger partial charge in [0.2, 0.25) is 5.91 Å². The second kappa shape index (κ2) is 8.99. The summed E-state index contributed by atoms with van der Waals surface area (Å²) in [6, 6.07) is 7.64. The maximum absolute atomic E-state index is 13.6. The number of aliphatic hydroxyl groups is 1. The van der Waals surface area contributed by atoms with Gasteiger partial charge in [-0.2, -0.15) is 5.26 Å². The van der Waals surface area contributed by atoms with Gasteiger partial charge in [0.25, 0.3) is 0 Å². The molecule has 0 bridgehead atoms. The van der Waals surface area contributed by atoms with Crippen LogP contribution in [-0.4, -0.2) is 65.4 Å². The SMILES string of the molecule is CCN(C(=O)O)c1ccc(N2CCC[C@]3(CCN(C4CCC(O)CC4)C3=O)C2)c(C#N)c1. The standard InChI is InChI=1S/C24H32N4O4/c1-2-27(23(31)32)19-6-9-21(17(14-19)15-25)26-12-3-10-24(16-26)11-13-28(22(24)30)18-4-7-20(29)8-5-18/h6,9,14,18,20,29H,2-5,7-8,10-13,16H2,1H3,(H,31,32)/t18?,20?,24-/m0/s1. The lowest BCUT2D eigenvalue weighted by atomic mass is 9.78. The van der Waals surface area contributed by atoms with Gasteiger partial charge >= 0.3 is 6.09 Å². The Morgan fingerprint density at radius 2 is 2.00 bits per heavy atom. The van der Waals surface area contributed by atoms with Gasteiger partial charge in [0.05, 0.1) is 22.8 Å². The molecular formula is C24H32N4O4. The molecule has 2 saturated heterocycles. The fourth-order valence-electron chi connectivity index (χ4n) is 5.77. The smallest absolute Gasteiger partial charge is 0.411 e. The third kappa shape index (κ3) is 4.02. The third-order valence-electron chi connectivity index (χ3n) is 7.53. The molecule has 1 saturated carbocycles. The van der Waals surface area contributed by atoms with E-state index < -0.39 is 11.5 Å². The Kier molecular flexibility index (Phi) is 6.29. The molecule has 1 spiro atoms. The quantitative estimate of drug-likeness (QED) is 0.744. The molecule has 2 aliphatic heterocycles. The molecule has 3 fully saturated rings. The highest BCUT2D eigenvalue weighted by Crippen LogP contribution is 2.44. The van der Waals surface area contributed by atoms with Crippen LogP contribution in [0.4, 0.5) is 16.2 Å². The van der Waals surface area contributed by atoms with Crippen LogP contribution in [0.2, 0.25) is 0 Å². The molecular weight excluding hydrogens is 408 g/mol. The molecule has 0 radical (unpaired) electrons. The summed E-state index contributed by atoms with van der Waals surface area (Å²) in [5.74, 6) is 0.224. The summed E-state index contributed by atoms with van der Waals surface area (Å²) in [5.41, 5.74) is 1.26. The maximum Gasteiger partial charge on any atom is 0.411 e. The number of piperidine rings is 1. The normalized spacial score (nSPS) is 28.1. The molecule has 172 valence electrons. The van der Waals surface area contributed by atoms with Crippen LogP contribution in [0, 0.1) is 16.7 Å². The summed E-state index contributed by atoms with van der Waals surface area (Å²) in [7, 11) is 0. The molecule has 32 heavy (non-hydrogen) atoms. The zero-order valence-electron chi connectivity index (χ0n) is 18.7. The Morgan fingerprint density at radius 3 is 2.66 bits per heavy atom. The monoisotopic (exact) mass is 440 g/mol. The van der Waals surface area contributed by atoms with E-state index in [2.05, 4.69) is 15.9 Å². The first kappa shape index (κ1) is 22.4. The van der Waals surface area contributed by atoms with Crippen LogP contribution in [0.15, 0.2) is 18.2 Å². The second-order valence-electron chi connectivity index (χ2n) is 9.36. The van der Waals surface area contributed by atoms with E-state index in [0.29, 0.717) is 24.3 Å². The number of rotatable bonds is 4. The van der Waals surface area contributed by atoms with Crippen LogP contribution < -0.4 is 9.80 Å². The molecule has 0 aromatic heterocycles. The number of likely N-dealkylation sites (tertiary alicyclic amines) is 1. The van der Waals surface area contributed by atoms with Crippen molar-refractivity contribution < 1.29 is 19.8 Å². The minimum Gasteiger partial charge on any atom is -0.465 e. The highest BCUT2D eigenvalue weighted by atomic mass is 16.4. The number of hydrogen-bond donors (Lipinski definition) is 2. The molecule has 4 rings (SSSR count). The molecule has 1 aromatic rings. The number of nitrogens with zero attached hydrogens (tertiary/aromatic N) is 4. The van der Waals surface area contributed by atoms with Gasteiger partial charge in [-0.1, -0.05) is 0 Å². The Morgan fingerprint density at radius 1 is 1.25 bits per heavy atom. The maximum atomic E-state index is 13.6. The molecule has 2 heterocycles. The number of aliphatic hydroxyl groups excluding tert-OH is 1. The Hall–Kier alpha value is -2.79. The summed E-state index contributed by atoms with van der Waals surface area (Å²) < 4.78 is 0. The van der Waals surface area contributed by atoms with E-state index in [1.807, 2.05) is 6.07 Å². The topological polar surface area (TPSA) is 108 Å². The lowest BCUT2D eigenvalue weighted by Crippen LogP contribution is -2.50. The Balaban J connectivity index is 1.54. The zero-order chi connectivity index (χ0) is 22.9. The van der Waals surface area contributed by atoms with E-state index in [1.54, 1.807) is 19.1 Å². The number of carbonyl (C=O) groups excluding carboxylic acids is 1. The van der Waals surface area contributed by atoms with E-state index in [4.69, 9.17) is 0 Å². The van der Waals surface area contributed by atoms with E-state index in [1.165, 1.54) is 4.90 Å². The van der Waals surface area contributed by atoms with Crippen LogP contribution >= 0.6 is 0 Å². The van der Waals surface area contributed by atoms with E-state index in [-0.39, 0.29) is 18.1 Å². The van der Waals surface area contributed by atoms with Crippen molar-refractivity contribution in [3.63, 3.8) is 0 Å². The van der Waals surface area contributed by atoms with Crippen molar-refractivity contribution in [2.24, 2.45) is 5.41 Å². The Bertz CT molecular complexity index is 921. The number of anilines is 2. The molecule has 8 heteroatoms. The van der Waals surface area contributed by atoms with Gasteiger partial charge in [-0.3, -0.25) is 9.69 Å². The summed E-state index contributed by atoms with van der Waals surface area (Å²) >= 11 is 0. The minimum atomic E-state index is -1.05. The van der Waals surface area contributed by atoms with Crippen LogP contribution in [0.3, 0.4) is 0 Å². The van der Waals surface area contributed by atoms with Crippen molar-refractivity contribution in [2.75, 3.05) is 36.0 Å². The fraction of sp³-hybridized carbons (Fsp3) is 0.625. The van der Waals surface area contributed by atoms with E-state index >= 15 is 0 Å². The van der Waals surface area contributed by atoms with Gasteiger partial charge < -0.3 is 20.0 Å². The number of carboxylic acid groups (broad SMARTS) is 1. The predicted molar refractivity (Wildman–Crippen MR) is 121 cm³/mol. The molecule has 2 N–H and O–H groups in total. The highest BCUT2D eigenvalue weighted by Gasteiger charge is 2.50. The van der Waals surface area contributed by atoms with Crippen LogP contribution in [-0.2, 0) is 4.79 Å². The van der Waals surface area contributed by atoms with Crippen molar-refractivity contribution in [1.82, 2.24) is 4.90 Å². The summed E-state index contributed by atoms with van der Waals surface area (Å²) in [6.45, 7) is 4.18. The van der Waals surface area contributed by atoms with Crippen LogP contribution in [0.5, 0.6) is 0 Å². The second-order valence-corrected chi connectivity index (χ2v) is 9.36. The number of benzene rings is 1. The molecule has 3 aliphatic rings. The lowest BCUT2D eigenvalue weighted by molar-refractivity contribution is -0.139. The molecule has 0 unspecified atom stereocenters. The number of carbonyl (C=O) groups is 2. The van der Waals surface area contributed by atoms with Crippen molar-refractivity contribution >= 4 is 23.4 Å². The highest BCUT2D eigenvalue weighted by molar-refractivity contribution is 5.88. The van der Waals surface area contributed by atoms with Gasteiger partial charge in [-0.25, -0.2) is 4.79 Å². The van der Waals surface area contributed by atoms with Crippen molar-refractivity contribution in [3.05, 3.63) is 23.8 Å². The van der Waals surface area contributed by atoms with E-state index in [9.17, 15) is 25.1 Å². The molecule has 1 atom stereocenters. The first-order valence-corrected chi connectivity index (χ1v) is 11.7. The summed E-state index contributed by atoms with van der Waals surface area (Å²) in [6.07, 6.45) is 4.53. The molecule has 1 aliphatic carbocycles. The molecule has 1 aromatic carbocycles. The first-order valence-electron chi connectivity index (χ1n) is 11.7. The average Bonchev–Trinajstić information content (AvgIpc) is 3.09. The van der Waals surface area contributed by atoms with E-state index in [0.717, 1.165) is 63.7 Å². The van der Waals surface area contributed by atoms with Crippen LogP contribution in [0.1, 0.15) is 57.4 Å². The summed E-state index contributed by atoms with van der Waals surface area (Å²) in [5, 5.41) is 29.0. The molecule has 8 nitrogen and oxygen atoms in total. The first-order chi connectivity index (χ1) is 15.4. The third-order valence-corrected chi connectivity index (χ3v) is 7.53. The fourth-order valence-corrected chi connectivity index (χ4v) is 5.77. The predicted octanol–water partition coefficient (Wildman–Crippen LogP) is 3.18. The number of hydrogen-bond acceptors (Lipinski definition) is 5. The van der Waals surface area contributed by atoms with Gasteiger partial charge in [-0.05, 0) is 70.1 Å². The van der Waals surface area contributed by atoms with Crippen LogP contribution in [0.25, 0.3) is 0 Å². The van der Waals surface area contributed by atoms with Crippen molar-refractivity contribution in [3.8, 4) is 6.07 Å². The van der Waals surface area contributed by atoms with Crippen molar-refractivity contribution in [2.45, 2.75) is 64.0 Å². The molecule has 2 amide bonds. The van der Waals surface area contributed by atoms with Gasteiger partial charge in [-0.15, -0.1) is 0 Å². The number of amides is 2.